The number of nitrogens with zero attached hydrogens (tertiary/aromatic N) is 1. The number of hydrogen-bond acceptors (Lipinski definition) is 4. The van der Waals surface area contributed by atoms with Crippen molar-refractivity contribution in [1.29, 1.82) is 0 Å². The number of aromatic nitrogens is 1. The van der Waals surface area contributed by atoms with E-state index in [2.05, 4.69) is 0 Å². The van der Waals surface area contributed by atoms with Gasteiger partial charge in [0, 0.05) is 24.2 Å². The lowest BCUT2D eigenvalue weighted by Crippen LogP contribution is -2.17. The van der Waals surface area contributed by atoms with E-state index < -0.39 is 34.6 Å². The van der Waals surface area contributed by atoms with Gasteiger partial charge >= 0.3 is 5.97 Å². The zero-order valence-electron chi connectivity index (χ0n) is 14.2. The first-order valence-electron chi connectivity index (χ1n) is 8.01. The van der Waals surface area contributed by atoms with Crippen LogP contribution in [-0.2, 0) is 16.1 Å². The fourth-order valence-electron chi connectivity index (χ4n) is 2.73. The molecule has 2 aromatic carbocycles. The summed E-state index contributed by atoms with van der Waals surface area (Å²) in [5, 5.41) is 18.8. The van der Waals surface area contributed by atoms with E-state index in [0.717, 1.165) is 12.1 Å². The molecule has 28 heavy (non-hydrogen) atoms. The molecule has 3 aromatic rings. The second kappa shape index (κ2) is 7.43. The van der Waals surface area contributed by atoms with Crippen molar-refractivity contribution >= 4 is 28.4 Å². The Labute approximate surface area is 156 Å². The molecule has 8 heteroatoms. The predicted molar refractivity (Wildman–Crippen MR) is 96.9 cm³/mol. The molecule has 0 unspecified atom stereocenters. The van der Waals surface area contributed by atoms with Crippen LogP contribution in [0.25, 0.3) is 16.7 Å². The number of carboxylic acid groups (broad SMARTS) is 1. The number of aliphatic carboxylic acids is 1. The summed E-state index contributed by atoms with van der Waals surface area (Å²) in [4.78, 5) is 34.6. The Morgan fingerprint density at radius 1 is 1.00 bits per heavy atom. The molecule has 0 amide bonds. The van der Waals surface area contributed by atoms with Gasteiger partial charge in [0.05, 0.1) is 11.1 Å². The van der Waals surface area contributed by atoms with Crippen LogP contribution in [0, 0.1) is 11.6 Å². The standard InChI is InChI=1S/C20H13F2NO5/c21-12-3-1-11(2-4-12)9-23-10-15(17(24)8-18(25)20(27)28)19(26)14-6-5-13(22)7-16(14)23/h1-8,10,24H,9H2,(H,27,28)/b17-8-. The van der Waals surface area contributed by atoms with E-state index in [1.807, 2.05) is 0 Å². The van der Waals surface area contributed by atoms with Gasteiger partial charge in [0.25, 0.3) is 5.78 Å². The van der Waals surface area contributed by atoms with Crippen LogP contribution in [0.5, 0.6) is 0 Å². The van der Waals surface area contributed by atoms with Crippen molar-refractivity contribution in [3.05, 3.63) is 87.7 Å². The van der Waals surface area contributed by atoms with E-state index in [-0.39, 0.29) is 23.0 Å². The minimum Gasteiger partial charge on any atom is -0.507 e. The predicted octanol–water partition coefficient (Wildman–Crippen LogP) is 2.88. The summed E-state index contributed by atoms with van der Waals surface area (Å²) in [6, 6.07) is 8.91. The number of pyridine rings is 1. The molecule has 0 aliphatic rings. The molecule has 6 nitrogen and oxygen atoms in total. The van der Waals surface area contributed by atoms with Crippen molar-refractivity contribution in [1.82, 2.24) is 4.57 Å². The molecule has 0 spiro atoms. The molecule has 0 aliphatic heterocycles. The van der Waals surface area contributed by atoms with E-state index in [4.69, 9.17) is 5.11 Å². The van der Waals surface area contributed by atoms with Crippen molar-refractivity contribution in [3.8, 4) is 0 Å². The number of fused-ring (bicyclic) bond motifs is 1. The number of carbonyl (C=O) groups excluding carboxylic acids is 1. The highest BCUT2D eigenvalue weighted by molar-refractivity contribution is 6.38. The van der Waals surface area contributed by atoms with Gasteiger partial charge in [-0.2, -0.15) is 0 Å². The second-order valence-electron chi connectivity index (χ2n) is 5.99. The van der Waals surface area contributed by atoms with E-state index in [9.17, 15) is 28.3 Å². The highest BCUT2D eigenvalue weighted by atomic mass is 19.1. The molecule has 1 heterocycles. The number of halogens is 2. The highest BCUT2D eigenvalue weighted by Crippen LogP contribution is 2.19. The largest absolute Gasteiger partial charge is 0.507 e. The Kier molecular flexibility index (Phi) is 5.04. The van der Waals surface area contributed by atoms with Crippen LogP contribution in [0.15, 0.2) is 59.5 Å². The number of carbonyl (C=O) groups is 2. The molecule has 0 radical (unpaired) electrons. The summed E-state index contributed by atoms with van der Waals surface area (Å²) >= 11 is 0. The van der Waals surface area contributed by atoms with E-state index in [1.165, 1.54) is 41.1 Å². The van der Waals surface area contributed by atoms with Gasteiger partial charge in [-0.1, -0.05) is 12.1 Å². The molecule has 2 N–H and O–H groups in total. The summed E-state index contributed by atoms with van der Waals surface area (Å²) in [6.45, 7) is 0.105. The Balaban J connectivity index is 2.21. The molecule has 142 valence electrons. The first-order chi connectivity index (χ1) is 13.3. The quantitative estimate of drug-likeness (QED) is 0.400. The van der Waals surface area contributed by atoms with Crippen LogP contribution in [0.1, 0.15) is 11.1 Å². The SMILES string of the molecule is O=C(O)C(=O)/C=C(\O)c1cn(Cc2ccc(F)cc2)c2cc(F)ccc2c1=O. The molecular weight excluding hydrogens is 372 g/mol. The van der Waals surface area contributed by atoms with Crippen molar-refractivity contribution in [2.45, 2.75) is 6.54 Å². The average molecular weight is 385 g/mol. The number of aliphatic hydroxyl groups excluding tert-OH is 1. The Morgan fingerprint density at radius 2 is 1.64 bits per heavy atom. The monoisotopic (exact) mass is 385 g/mol. The maximum absolute atomic E-state index is 13.7. The Morgan fingerprint density at radius 3 is 2.29 bits per heavy atom. The fraction of sp³-hybridized carbons (Fsp3) is 0.0500. The van der Waals surface area contributed by atoms with Crippen LogP contribution in [0.2, 0.25) is 0 Å². The minimum absolute atomic E-state index is 0.0590. The summed E-state index contributed by atoms with van der Waals surface area (Å²) in [6.07, 6.45) is 1.62. The molecule has 0 bridgehead atoms. The summed E-state index contributed by atoms with van der Waals surface area (Å²) in [5.74, 6) is -5.04. The summed E-state index contributed by atoms with van der Waals surface area (Å²) < 4.78 is 28.3. The van der Waals surface area contributed by atoms with Gasteiger partial charge in [0.1, 0.15) is 17.4 Å². The number of benzene rings is 2. The van der Waals surface area contributed by atoms with Crippen LogP contribution < -0.4 is 5.43 Å². The minimum atomic E-state index is -1.79. The average Bonchev–Trinajstić information content (AvgIpc) is 2.65. The van der Waals surface area contributed by atoms with E-state index in [1.54, 1.807) is 0 Å². The van der Waals surface area contributed by atoms with Gasteiger partial charge in [0.2, 0.25) is 0 Å². The van der Waals surface area contributed by atoms with Crippen molar-refractivity contribution in [2.75, 3.05) is 0 Å². The smallest absolute Gasteiger partial charge is 0.376 e. The highest BCUT2D eigenvalue weighted by Gasteiger charge is 2.16. The maximum Gasteiger partial charge on any atom is 0.376 e. The fourth-order valence-corrected chi connectivity index (χ4v) is 2.73. The molecule has 3 rings (SSSR count). The van der Waals surface area contributed by atoms with Gasteiger partial charge in [-0.15, -0.1) is 0 Å². The van der Waals surface area contributed by atoms with E-state index in [0.29, 0.717) is 11.6 Å². The third-order valence-electron chi connectivity index (χ3n) is 4.06. The zero-order chi connectivity index (χ0) is 20.4. The van der Waals surface area contributed by atoms with Gasteiger partial charge in [-0.25, -0.2) is 13.6 Å². The lowest BCUT2D eigenvalue weighted by molar-refractivity contribution is -0.146. The Hall–Kier alpha value is -3.81. The number of carboxylic acids is 1. The van der Waals surface area contributed by atoms with Gasteiger partial charge in [0.15, 0.2) is 5.43 Å². The Bertz CT molecular complexity index is 1180. The molecule has 0 atom stereocenters. The number of aliphatic hydroxyl groups is 1. The topological polar surface area (TPSA) is 96.6 Å². The summed E-state index contributed by atoms with van der Waals surface area (Å²) in [5.41, 5.74) is -0.171. The van der Waals surface area contributed by atoms with Gasteiger partial charge in [-0.3, -0.25) is 9.59 Å². The molecule has 0 fully saturated rings. The molecular formula is C20H13F2NO5. The van der Waals surface area contributed by atoms with Crippen LogP contribution in [0.3, 0.4) is 0 Å². The molecule has 0 aliphatic carbocycles. The van der Waals surface area contributed by atoms with Crippen molar-refractivity contribution < 1.29 is 28.6 Å². The summed E-state index contributed by atoms with van der Waals surface area (Å²) in [7, 11) is 0. The lowest BCUT2D eigenvalue weighted by atomic mass is 10.1. The van der Waals surface area contributed by atoms with Crippen LogP contribution >= 0.6 is 0 Å². The number of hydrogen-bond donors (Lipinski definition) is 2. The van der Waals surface area contributed by atoms with Crippen LogP contribution in [0.4, 0.5) is 8.78 Å². The first kappa shape index (κ1) is 19.0. The first-order valence-corrected chi connectivity index (χ1v) is 8.01. The lowest BCUT2D eigenvalue weighted by Gasteiger charge is -2.14. The van der Waals surface area contributed by atoms with Gasteiger partial charge < -0.3 is 14.8 Å². The second-order valence-corrected chi connectivity index (χ2v) is 5.99. The van der Waals surface area contributed by atoms with Crippen molar-refractivity contribution in [3.63, 3.8) is 0 Å². The molecule has 0 saturated carbocycles. The maximum atomic E-state index is 13.7. The van der Waals surface area contributed by atoms with Gasteiger partial charge in [-0.05, 0) is 35.9 Å². The number of rotatable bonds is 5. The molecule has 0 saturated heterocycles. The van der Waals surface area contributed by atoms with Crippen molar-refractivity contribution in [2.24, 2.45) is 0 Å². The molecule has 1 aromatic heterocycles. The van der Waals surface area contributed by atoms with Crippen LogP contribution in [-0.4, -0.2) is 26.5 Å². The third-order valence-corrected chi connectivity index (χ3v) is 4.06. The van der Waals surface area contributed by atoms with E-state index >= 15 is 0 Å². The number of ketones is 1. The zero-order valence-corrected chi connectivity index (χ0v) is 14.2. The normalized spacial score (nSPS) is 11.6. The third kappa shape index (κ3) is 3.80.